The lowest BCUT2D eigenvalue weighted by Crippen LogP contribution is -2.09. The molecule has 0 aliphatic heterocycles. The van der Waals surface area contributed by atoms with Gasteiger partial charge in [0.1, 0.15) is 23.1 Å². The standard InChI is InChI=1S/C25H22N6OS/c1-18(19-8-4-2-5-9-19)28-24-15-26-16-25(29-24)31-17-27-22-14-20(12-13-23(22)31)30-33(32)21-10-6-3-7-11-21/h2-18,30H,1H3,(H,28,29). The zero-order chi connectivity index (χ0) is 22.6. The molecule has 0 saturated carbocycles. The minimum atomic E-state index is -1.35. The van der Waals surface area contributed by atoms with E-state index in [-0.39, 0.29) is 6.04 Å². The van der Waals surface area contributed by atoms with E-state index in [0.717, 1.165) is 16.7 Å². The molecule has 5 aromatic rings. The molecule has 0 fully saturated rings. The summed E-state index contributed by atoms with van der Waals surface area (Å²) in [5.41, 5.74) is 3.55. The van der Waals surface area contributed by atoms with Crippen LogP contribution in [0.3, 0.4) is 0 Å². The minimum Gasteiger partial charge on any atom is -0.362 e. The topological polar surface area (TPSA) is 84.7 Å². The van der Waals surface area contributed by atoms with E-state index in [1.807, 2.05) is 71.3 Å². The first-order valence-corrected chi connectivity index (χ1v) is 11.7. The van der Waals surface area contributed by atoms with E-state index >= 15 is 0 Å². The van der Waals surface area contributed by atoms with Crippen molar-refractivity contribution >= 4 is 33.5 Å². The summed E-state index contributed by atoms with van der Waals surface area (Å²) >= 11 is 0. The molecule has 0 bridgehead atoms. The number of hydrogen-bond donors (Lipinski definition) is 2. The average Bonchev–Trinajstić information content (AvgIpc) is 3.28. The van der Waals surface area contributed by atoms with E-state index in [0.29, 0.717) is 16.5 Å². The Labute approximate surface area is 194 Å². The van der Waals surface area contributed by atoms with Gasteiger partial charge < -0.3 is 10.0 Å². The SMILES string of the molecule is CC(Nc1cncc(-n2cnc3cc(NS(=O)c4ccccc4)ccc32)n1)c1ccccc1. The molecule has 5 rings (SSSR count). The van der Waals surface area contributed by atoms with Gasteiger partial charge in [0.15, 0.2) is 5.82 Å². The third-order valence-corrected chi connectivity index (χ3v) is 6.37. The van der Waals surface area contributed by atoms with Crippen molar-refractivity contribution in [2.75, 3.05) is 10.0 Å². The highest BCUT2D eigenvalue weighted by Crippen LogP contribution is 2.23. The first kappa shape index (κ1) is 20.8. The Bertz CT molecular complexity index is 1400. The fourth-order valence-corrected chi connectivity index (χ4v) is 4.42. The summed E-state index contributed by atoms with van der Waals surface area (Å²) in [4.78, 5) is 14.3. The average molecular weight is 455 g/mol. The van der Waals surface area contributed by atoms with Crippen LogP contribution in [0.1, 0.15) is 18.5 Å². The first-order valence-electron chi connectivity index (χ1n) is 10.5. The molecule has 2 aromatic heterocycles. The van der Waals surface area contributed by atoms with Gasteiger partial charge in [0.25, 0.3) is 0 Å². The molecule has 0 amide bonds. The lowest BCUT2D eigenvalue weighted by Gasteiger charge is -2.15. The fraction of sp³-hybridized carbons (Fsp3) is 0.0800. The second-order valence-electron chi connectivity index (χ2n) is 7.54. The van der Waals surface area contributed by atoms with E-state index < -0.39 is 11.0 Å². The predicted molar refractivity (Wildman–Crippen MR) is 132 cm³/mol. The summed E-state index contributed by atoms with van der Waals surface area (Å²) < 4.78 is 17.5. The molecule has 0 spiro atoms. The summed E-state index contributed by atoms with van der Waals surface area (Å²) in [5, 5.41) is 3.40. The van der Waals surface area contributed by atoms with E-state index in [1.54, 1.807) is 18.7 Å². The monoisotopic (exact) mass is 454 g/mol. The van der Waals surface area contributed by atoms with Crippen LogP contribution in [0.15, 0.2) is 102 Å². The van der Waals surface area contributed by atoms with E-state index in [9.17, 15) is 4.21 Å². The Morgan fingerprint density at radius 2 is 1.70 bits per heavy atom. The van der Waals surface area contributed by atoms with Crippen molar-refractivity contribution in [2.45, 2.75) is 17.9 Å². The third kappa shape index (κ3) is 4.61. The molecule has 7 nitrogen and oxygen atoms in total. The molecule has 3 aromatic carbocycles. The van der Waals surface area contributed by atoms with Crippen molar-refractivity contribution in [3.8, 4) is 5.82 Å². The maximum Gasteiger partial charge on any atom is 0.159 e. The van der Waals surface area contributed by atoms with Gasteiger partial charge in [0, 0.05) is 11.7 Å². The predicted octanol–water partition coefficient (Wildman–Crippen LogP) is 5.12. The van der Waals surface area contributed by atoms with Crippen molar-refractivity contribution in [3.63, 3.8) is 0 Å². The molecule has 0 aliphatic carbocycles. The number of aromatic nitrogens is 4. The zero-order valence-electron chi connectivity index (χ0n) is 17.9. The van der Waals surface area contributed by atoms with E-state index in [2.05, 4.69) is 39.1 Å². The second-order valence-corrected chi connectivity index (χ2v) is 8.75. The number of benzene rings is 3. The maximum absolute atomic E-state index is 12.6. The molecule has 0 aliphatic rings. The smallest absolute Gasteiger partial charge is 0.159 e. The van der Waals surface area contributed by atoms with Gasteiger partial charge in [-0.2, -0.15) is 0 Å². The number of rotatable bonds is 7. The molecular formula is C25H22N6OS. The normalized spacial score (nSPS) is 12.9. The van der Waals surface area contributed by atoms with Gasteiger partial charge in [0.05, 0.1) is 28.3 Å². The van der Waals surface area contributed by atoms with E-state index in [4.69, 9.17) is 4.98 Å². The van der Waals surface area contributed by atoms with Crippen LogP contribution in [0, 0.1) is 0 Å². The Kier molecular flexibility index (Phi) is 5.82. The summed E-state index contributed by atoms with van der Waals surface area (Å²) in [6.45, 7) is 2.09. The minimum absolute atomic E-state index is 0.0920. The highest BCUT2D eigenvalue weighted by Gasteiger charge is 2.11. The summed E-state index contributed by atoms with van der Waals surface area (Å²) in [5.74, 6) is 1.35. The second kappa shape index (κ2) is 9.22. The van der Waals surface area contributed by atoms with Gasteiger partial charge in [-0.05, 0) is 42.8 Å². The van der Waals surface area contributed by atoms with Crippen LogP contribution in [0.25, 0.3) is 16.9 Å². The molecule has 8 heteroatoms. The Morgan fingerprint density at radius 3 is 2.48 bits per heavy atom. The van der Waals surface area contributed by atoms with Crippen LogP contribution in [-0.2, 0) is 11.0 Å². The molecular weight excluding hydrogens is 432 g/mol. The Hall–Kier alpha value is -4.04. The molecule has 2 atom stereocenters. The van der Waals surface area contributed by atoms with Crippen LogP contribution >= 0.6 is 0 Å². The molecule has 2 N–H and O–H groups in total. The van der Waals surface area contributed by atoms with Crippen molar-refractivity contribution < 1.29 is 4.21 Å². The quantitative estimate of drug-likeness (QED) is 0.356. The van der Waals surface area contributed by atoms with Gasteiger partial charge in [-0.1, -0.05) is 48.5 Å². The number of anilines is 2. The molecule has 33 heavy (non-hydrogen) atoms. The summed E-state index contributed by atoms with van der Waals surface area (Å²) in [6, 6.07) is 25.3. The number of hydrogen-bond acceptors (Lipinski definition) is 5. The first-order chi connectivity index (χ1) is 16.2. The van der Waals surface area contributed by atoms with Crippen molar-refractivity contribution in [3.05, 3.63) is 103 Å². The van der Waals surface area contributed by atoms with Crippen molar-refractivity contribution in [1.29, 1.82) is 0 Å². The van der Waals surface area contributed by atoms with Gasteiger partial charge >= 0.3 is 0 Å². The summed E-state index contributed by atoms with van der Waals surface area (Å²) in [6.07, 6.45) is 5.14. The van der Waals surface area contributed by atoms with Crippen LogP contribution < -0.4 is 10.0 Å². The molecule has 2 heterocycles. The van der Waals surface area contributed by atoms with Gasteiger partial charge in [-0.15, -0.1) is 0 Å². The van der Waals surface area contributed by atoms with Crippen LogP contribution in [0.5, 0.6) is 0 Å². The highest BCUT2D eigenvalue weighted by atomic mass is 32.2. The number of fused-ring (bicyclic) bond motifs is 1. The Morgan fingerprint density at radius 1 is 0.939 bits per heavy atom. The molecule has 2 unspecified atom stereocenters. The molecule has 0 radical (unpaired) electrons. The number of nitrogens with one attached hydrogen (secondary N) is 2. The maximum atomic E-state index is 12.6. The number of imidazole rings is 1. The van der Waals surface area contributed by atoms with Gasteiger partial charge in [-0.25, -0.2) is 14.2 Å². The van der Waals surface area contributed by atoms with Crippen LogP contribution in [-0.4, -0.2) is 23.7 Å². The lowest BCUT2D eigenvalue weighted by molar-refractivity contribution is 0.686. The van der Waals surface area contributed by atoms with Gasteiger partial charge in [-0.3, -0.25) is 9.55 Å². The number of nitrogens with zero attached hydrogens (tertiary/aromatic N) is 4. The van der Waals surface area contributed by atoms with Crippen molar-refractivity contribution in [1.82, 2.24) is 19.5 Å². The van der Waals surface area contributed by atoms with E-state index in [1.165, 1.54) is 5.56 Å². The fourth-order valence-electron chi connectivity index (χ4n) is 3.56. The molecule has 164 valence electrons. The largest absolute Gasteiger partial charge is 0.362 e. The van der Waals surface area contributed by atoms with Crippen LogP contribution in [0.4, 0.5) is 11.5 Å². The Balaban J connectivity index is 1.37. The van der Waals surface area contributed by atoms with Gasteiger partial charge in [0.2, 0.25) is 0 Å². The van der Waals surface area contributed by atoms with Crippen molar-refractivity contribution in [2.24, 2.45) is 0 Å². The lowest BCUT2D eigenvalue weighted by atomic mass is 10.1. The highest BCUT2D eigenvalue weighted by molar-refractivity contribution is 7.86. The van der Waals surface area contributed by atoms with Crippen LogP contribution in [0.2, 0.25) is 0 Å². The summed E-state index contributed by atoms with van der Waals surface area (Å²) in [7, 11) is -1.35. The molecule has 0 saturated heterocycles. The third-order valence-electron chi connectivity index (χ3n) is 5.25. The zero-order valence-corrected chi connectivity index (χ0v) is 18.7.